The van der Waals surface area contributed by atoms with Crippen molar-refractivity contribution in [3.8, 4) is 0 Å². The number of carboxylic acids is 1. The molecule has 1 heterocycles. The number of carbonyl (C=O) groups excluding carboxylic acids is 2. The molecule has 0 bridgehead atoms. The number of aromatic carboxylic acids is 1. The Morgan fingerprint density at radius 3 is 2.80 bits per heavy atom. The minimum Gasteiger partial charge on any atom is -0.477 e. The number of nitrogens with one attached hydrogen (secondary N) is 3. The summed E-state index contributed by atoms with van der Waals surface area (Å²) in [4.78, 5) is 40.2. The van der Waals surface area contributed by atoms with Crippen LogP contribution in [-0.4, -0.2) is 59.2 Å². The maximum absolute atomic E-state index is 11.8. The number of carbonyl (C=O) groups is 3. The number of methoxy groups -OCH3 is 1. The first kappa shape index (κ1) is 15.6. The molecule has 1 aromatic heterocycles. The molecule has 0 radical (unpaired) electrons. The maximum Gasteiger partial charge on any atom is 0.354 e. The van der Waals surface area contributed by atoms with E-state index in [9.17, 15) is 14.4 Å². The van der Waals surface area contributed by atoms with Crippen LogP contribution in [0.2, 0.25) is 0 Å². The van der Waals surface area contributed by atoms with Gasteiger partial charge >= 0.3 is 5.97 Å². The number of aromatic amines is 1. The van der Waals surface area contributed by atoms with Crippen molar-refractivity contribution in [2.75, 3.05) is 20.3 Å². The summed E-state index contributed by atoms with van der Waals surface area (Å²) in [5.41, 5.74) is -0.594. The molecule has 20 heavy (non-hydrogen) atoms. The second kappa shape index (κ2) is 7.24. The van der Waals surface area contributed by atoms with E-state index < -0.39 is 23.8 Å². The number of amides is 2. The molecule has 9 heteroatoms. The molecular weight excluding hydrogens is 268 g/mol. The average Bonchev–Trinajstić information content (AvgIpc) is 2.88. The van der Waals surface area contributed by atoms with Crippen molar-refractivity contribution in [2.24, 2.45) is 0 Å². The van der Waals surface area contributed by atoms with Crippen molar-refractivity contribution in [1.82, 2.24) is 20.6 Å². The fraction of sp³-hybridized carbons (Fsp3) is 0.455. The number of carboxylic acid groups (broad SMARTS) is 1. The maximum atomic E-state index is 11.8. The minimum atomic E-state index is -1.30. The van der Waals surface area contributed by atoms with E-state index >= 15 is 0 Å². The van der Waals surface area contributed by atoms with Gasteiger partial charge in [0.1, 0.15) is 6.04 Å². The van der Waals surface area contributed by atoms with E-state index in [1.165, 1.54) is 14.0 Å². The highest BCUT2D eigenvalue weighted by atomic mass is 16.5. The summed E-state index contributed by atoms with van der Waals surface area (Å²) in [5.74, 6) is -2.44. The van der Waals surface area contributed by atoms with Crippen LogP contribution in [-0.2, 0) is 9.53 Å². The fourth-order valence-electron chi connectivity index (χ4n) is 1.39. The van der Waals surface area contributed by atoms with Gasteiger partial charge in [0.05, 0.1) is 12.9 Å². The highest BCUT2D eigenvalue weighted by Gasteiger charge is 2.23. The summed E-state index contributed by atoms with van der Waals surface area (Å²) >= 11 is 0. The van der Waals surface area contributed by atoms with Gasteiger partial charge in [-0.3, -0.25) is 9.59 Å². The summed E-state index contributed by atoms with van der Waals surface area (Å²) < 4.78 is 4.77. The Labute approximate surface area is 114 Å². The van der Waals surface area contributed by atoms with E-state index in [0.29, 0.717) is 13.2 Å². The lowest BCUT2D eigenvalue weighted by Crippen LogP contribution is -2.45. The molecule has 0 saturated carbocycles. The van der Waals surface area contributed by atoms with Crippen molar-refractivity contribution in [3.05, 3.63) is 17.7 Å². The summed E-state index contributed by atoms with van der Waals surface area (Å²) in [5, 5.41) is 13.8. The lowest BCUT2D eigenvalue weighted by atomic mass is 10.2. The Morgan fingerprint density at radius 2 is 2.20 bits per heavy atom. The molecule has 9 nitrogen and oxygen atoms in total. The Bertz CT molecular complexity index is 499. The Hall–Kier alpha value is -2.42. The number of rotatable bonds is 7. The Kier molecular flexibility index (Phi) is 5.66. The van der Waals surface area contributed by atoms with Crippen LogP contribution in [0.3, 0.4) is 0 Å². The van der Waals surface area contributed by atoms with Crippen LogP contribution < -0.4 is 10.6 Å². The van der Waals surface area contributed by atoms with Crippen LogP contribution in [0.4, 0.5) is 0 Å². The number of ether oxygens (including phenoxy) is 1. The van der Waals surface area contributed by atoms with E-state index in [2.05, 4.69) is 20.6 Å². The SMILES string of the molecule is COCCNC(=O)C(C)NC(=O)c1nc[nH]c1C(=O)O. The van der Waals surface area contributed by atoms with Gasteiger partial charge in [0.25, 0.3) is 5.91 Å². The molecule has 4 N–H and O–H groups in total. The topological polar surface area (TPSA) is 133 Å². The quantitative estimate of drug-likeness (QED) is 0.474. The van der Waals surface area contributed by atoms with Gasteiger partial charge in [-0.05, 0) is 6.92 Å². The number of hydrogen-bond donors (Lipinski definition) is 4. The predicted molar refractivity (Wildman–Crippen MR) is 67.4 cm³/mol. The lowest BCUT2D eigenvalue weighted by molar-refractivity contribution is -0.122. The summed E-state index contributed by atoms with van der Waals surface area (Å²) in [7, 11) is 1.50. The average molecular weight is 284 g/mol. The number of H-pyrrole nitrogens is 1. The Morgan fingerprint density at radius 1 is 1.50 bits per heavy atom. The van der Waals surface area contributed by atoms with Gasteiger partial charge in [0, 0.05) is 13.7 Å². The molecular formula is C11H16N4O5. The first-order valence-corrected chi connectivity index (χ1v) is 5.81. The van der Waals surface area contributed by atoms with Gasteiger partial charge in [-0.25, -0.2) is 9.78 Å². The number of nitrogens with zero attached hydrogens (tertiary/aromatic N) is 1. The van der Waals surface area contributed by atoms with Gasteiger partial charge < -0.3 is 25.5 Å². The molecule has 0 aromatic carbocycles. The van der Waals surface area contributed by atoms with Crippen molar-refractivity contribution >= 4 is 17.8 Å². The molecule has 0 saturated heterocycles. The van der Waals surface area contributed by atoms with Crippen LogP contribution in [0.5, 0.6) is 0 Å². The molecule has 0 aliphatic heterocycles. The van der Waals surface area contributed by atoms with E-state index in [4.69, 9.17) is 9.84 Å². The molecule has 1 rings (SSSR count). The standard InChI is InChI=1S/C11H16N4O5/c1-6(9(16)12-3-4-20-2)15-10(17)7-8(11(18)19)14-5-13-7/h5-6H,3-4H2,1-2H3,(H,12,16)(H,13,14)(H,15,17)(H,18,19). The largest absolute Gasteiger partial charge is 0.477 e. The van der Waals surface area contributed by atoms with Crippen molar-refractivity contribution in [1.29, 1.82) is 0 Å². The Balaban J connectivity index is 2.59. The number of aromatic nitrogens is 2. The molecule has 0 aliphatic rings. The van der Waals surface area contributed by atoms with Crippen molar-refractivity contribution < 1.29 is 24.2 Å². The van der Waals surface area contributed by atoms with Gasteiger partial charge in [0.2, 0.25) is 5.91 Å². The van der Waals surface area contributed by atoms with Crippen LogP contribution >= 0.6 is 0 Å². The molecule has 1 atom stereocenters. The normalized spacial score (nSPS) is 11.7. The molecule has 0 aliphatic carbocycles. The summed E-state index contributed by atoms with van der Waals surface area (Å²) in [6.07, 6.45) is 1.10. The molecule has 1 aromatic rings. The van der Waals surface area contributed by atoms with Crippen molar-refractivity contribution in [3.63, 3.8) is 0 Å². The zero-order valence-electron chi connectivity index (χ0n) is 11.1. The summed E-state index contributed by atoms with van der Waals surface area (Å²) in [6, 6.07) is -0.822. The molecule has 2 amide bonds. The fourth-order valence-corrected chi connectivity index (χ4v) is 1.39. The van der Waals surface area contributed by atoms with E-state index in [1.807, 2.05) is 0 Å². The zero-order valence-corrected chi connectivity index (χ0v) is 11.1. The van der Waals surface area contributed by atoms with Crippen LogP contribution in [0.1, 0.15) is 27.9 Å². The molecule has 0 fully saturated rings. The highest BCUT2D eigenvalue weighted by molar-refractivity contribution is 6.03. The van der Waals surface area contributed by atoms with Gasteiger partial charge in [-0.2, -0.15) is 0 Å². The molecule has 0 spiro atoms. The monoisotopic (exact) mass is 284 g/mol. The predicted octanol–water partition coefficient (Wildman–Crippen LogP) is -1.01. The second-order valence-electron chi connectivity index (χ2n) is 3.91. The van der Waals surface area contributed by atoms with Crippen LogP contribution in [0.15, 0.2) is 6.33 Å². The van der Waals surface area contributed by atoms with E-state index in [-0.39, 0.29) is 11.4 Å². The third-order valence-corrected chi connectivity index (χ3v) is 2.41. The van der Waals surface area contributed by atoms with E-state index in [0.717, 1.165) is 6.33 Å². The smallest absolute Gasteiger partial charge is 0.354 e. The summed E-state index contributed by atoms with van der Waals surface area (Å²) in [6.45, 7) is 2.15. The third kappa shape index (κ3) is 4.05. The van der Waals surface area contributed by atoms with Crippen molar-refractivity contribution in [2.45, 2.75) is 13.0 Å². The minimum absolute atomic E-state index is 0.269. The lowest BCUT2D eigenvalue weighted by Gasteiger charge is -2.13. The van der Waals surface area contributed by atoms with E-state index in [1.54, 1.807) is 0 Å². The van der Waals surface area contributed by atoms with Gasteiger partial charge in [-0.15, -0.1) is 0 Å². The number of imidazole rings is 1. The number of hydrogen-bond acceptors (Lipinski definition) is 5. The van der Waals surface area contributed by atoms with Crippen LogP contribution in [0.25, 0.3) is 0 Å². The van der Waals surface area contributed by atoms with Crippen LogP contribution in [0, 0.1) is 0 Å². The zero-order chi connectivity index (χ0) is 15.1. The second-order valence-corrected chi connectivity index (χ2v) is 3.91. The first-order valence-electron chi connectivity index (χ1n) is 5.81. The highest BCUT2D eigenvalue weighted by Crippen LogP contribution is 2.03. The van der Waals surface area contributed by atoms with Gasteiger partial charge in [0.15, 0.2) is 11.4 Å². The molecule has 1 unspecified atom stereocenters. The molecule has 110 valence electrons. The van der Waals surface area contributed by atoms with Gasteiger partial charge in [-0.1, -0.05) is 0 Å². The first-order chi connectivity index (χ1) is 9.47. The third-order valence-electron chi connectivity index (χ3n) is 2.41.